The van der Waals surface area contributed by atoms with E-state index in [0.717, 1.165) is 0 Å². The Morgan fingerprint density at radius 2 is 2.03 bits per heavy atom. The van der Waals surface area contributed by atoms with Crippen molar-refractivity contribution >= 4 is 35.1 Å². The molecular formula is C18H24F3N3O6S. The average Bonchev–Trinajstić information content (AvgIpc) is 3.35. The van der Waals surface area contributed by atoms with Gasteiger partial charge in [-0.25, -0.2) is 9.59 Å². The van der Waals surface area contributed by atoms with Gasteiger partial charge in [0.1, 0.15) is 5.69 Å². The van der Waals surface area contributed by atoms with Gasteiger partial charge in [0.15, 0.2) is 10.7 Å². The summed E-state index contributed by atoms with van der Waals surface area (Å²) in [6, 6.07) is 1.48. The highest BCUT2D eigenvalue weighted by Crippen LogP contribution is 2.40. The third-order valence-electron chi connectivity index (χ3n) is 4.42. The van der Waals surface area contributed by atoms with Gasteiger partial charge in [0.2, 0.25) is 0 Å². The predicted octanol–water partition coefficient (Wildman–Crippen LogP) is 2.77. The molecule has 1 saturated heterocycles. The number of H-pyrrole nitrogens is 1. The van der Waals surface area contributed by atoms with Gasteiger partial charge in [0, 0.05) is 25.8 Å². The minimum absolute atomic E-state index is 0.0181. The normalized spacial score (nSPS) is 18.5. The summed E-state index contributed by atoms with van der Waals surface area (Å²) in [5.74, 6) is -0.691. The van der Waals surface area contributed by atoms with E-state index < -0.39 is 37.1 Å². The zero-order valence-electron chi connectivity index (χ0n) is 17.0. The summed E-state index contributed by atoms with van der Waals surface area (Å²) in [5.41, 5.74) is -2.20. The Morgan fingerprint density at radius 3 is 2.61 bits per heavy atom. The third-order valence-corrected chi connectivity index (χ3v) is 4.74. The van der Waals surface area contributed by atoms with E-state index in [4.69, 9.17) is 31.2 Å². The first-order valence-corrected chi connectivity index (χ1v) is 9.94. The molecule has 1 atom stereocenters. The van der Waals surface area contributed by atoms with E-state index in [9.17, 15) is 22.8 Å². The van der Waals surface area contributed by atoms with Crippen LogP contribution in [0, 0.1) is 0 Å². The number of ether oxygens (including phenoxy) is 4. The largest absolute Gasteiger partial charge is 0.461 e. The van der Waals surface area contributed by atoms with Gasteiger partial charge >= 0.3 is 18.2 Å². The number of nitrogens with one attached hydrogen (secondary N) is 2. The van der Waals surface area contributed by atoms with Gasteiger partial charge in [-0.05, 0) is 32.1 Å². The first-order valence-electron chi connectivity index (χ1n) is 9.53. The van der Waals surface area contributed by atoms with Crippen molar-refractivity contribution in [3.8, 4) is 0 Å². The van der Waals surface area contributed by atoms with E-state index in [1.165, 1.54) is 17.2 Å². The molecule has 9 nitrogen and oxygen atoms in total. The van der Waals surface area contributed by atoms with E-state index in [2.05, 4.69) is 10.3 Å². The predicted molar refractivity (Wildman–Crippen MR) is 107 cm³/mol. The third kappa shape index (κ3) is 6.08. The number of alkyl carbamates (subject to hydrolysis) is 1. The first kappa shape index (κ1) is 24.9. The van der Waals surface area contributed by atoms with E-state index in [-0.39, 0.29) is 49.3 Å². The fourth-order valence-corrected chi connectivity index (χ4v) is 3.18. The maximum atomic E-state index is 13.5. The van der Waals surface area contributed by atoms with Gasteiger partial charge in [-0.1, -0.05) is 0 Å². The van der Waals surface area contributed by atoms with Crippen LogP contribution in [0.25, 0.3) is 0 Å². The van der Waals surface area contributed by atoms with Crippen LogP contribution >= 0.6 is 12.2 Å². The number of carbonyl (C=O) groups excluding carboxylic acids is 2. The van der Waals surface area contributed by atoms with Crippen molar-refractivity contribution in [3.63, 3.8) is 0 Å². The van der Waals surface area contributed by atoms with Crippen LogP contribution in [0.2, 0.25) is 0 Å². The van der Waals surface area contributed by atoms with Gasteiger partial charge in [0.05, 0.1) is 32.1 Å². The number of esters is 1. The smallest absolute Gasteiger partial charge is 0.419 e. The zero-order chi connectivity index (χ0) is 23.1. The first-order chi connectivity index (χ1) is 14.6. The number of halogens is 3. The molecule has 2 heterocycles. The number of carbonyl (C=O) groups is 2. The lowest BCUT2D eigenvalue weighted by molar-refractivity contribution is -0.274. The Kier molecular flexibility index (Phi) is 8.65. The molecule has 2 rings (SSSR count). The van der Waals surface area contributed by atoms with Crippen LogP contribution in [0.1, 0.15) is 30.8 Å². The molecule has 13 heteroatoms. The number of anilines is 1. The summed E-state index contributed by atoms with van der Waals surface area (Å²) in [4.78, 5) is 27.9. The monoisotopic (exact) mass is 467 g/mol. The van der Waals surface area contributed by atoms with Crippen LogP contribution in [0.4, 0.5) is 23.7 Å². The molecule has 1 aliphatic heterocycles. The minimum Gasteiger partial charge on any atom is -0.461 e. The molecule has 0 radical (unpaired) electrons. The molecule has 1 amide bonds. The highest BCUT2D eigenvalue weighted by molar-refractivity contribution is 7.80. The SMILES string of the molecule is CCOC(=O)NC(=S)N(CCOC1(C(F)(F)F)CCOC1)c1cc[nH]c1C(=O)OCC. The maximum absolute atomic E-state index is 13.5. The van der Waals surface area contributed by atoms with Crippen LogP contribution in [-0.2, 0) is 18.9 Å². The fourth-order valence-electron chi connectivity index (χ4n) is 2.90. The van der Waals surface area contributed by atoms with E-state index in [1.54, 1.807) is 13.8 Å². The number of nitrogens with zero attached hydrogens (tertiary/aromatic N) is 1. The molecule has 0 aromatic carbocycles. The van der Waals surface area contributed by atoms with Crippen molar-refractivity contribution in [2.24, 2.45) is 0 Å². The Bertz CT molecular complexity index is 780. The molecule has 174 valence electrons. The van der Waals surface area contributed by atoms with Gasteiger partial charge in [-0.15, -0.1) is 0 Å². The second-order valence-corrected chi connectivity index (χ2v) is 6.79. The van der Waals surface area contributed by atoms with Crippen LogP contribution in [-0.4, -0.2) is 73.5 Å². The second-order valence-electron chi connectivity index (χ2n) is 6.40. The number of aromatic nitrogens is 1. The molecule has 0 spiro atoms. The van der Waals surface area contributed by atoms with Crippen LogP contribution in [0.5, 0.6) is 0 Å². The second kappa shape index (κ2) is 10.8. The summed E-state index contributed by atoms with van der Waals surface area (Å²) in [5, 5.41) is 2.13. The van der Waals surface area contributed by atoms with Crippen molar-refractivity contribution in [1.29, 1.82) is 0 Å². The van der Waals surface area contributed by atoms with E-state index in [1.807, 2.05) is 0 Å². The number of hydrogen-bond acceptors (Lipinski definition) is 7. The molecule has 0 aliphatic carbocycles. The van der Waals surface area contributed by atoms with Crippen LogP contribution in [0.3, 0.4) is 0 Å². The lowest BCUT2D eigenvalue weighted by Crippen LogP contribution is -2.50. The maximum Gasteiger partial charge on any atom is 0.419 e. The van der Waals surface area contributed by atoms with Gasteiger partial charge < -0.3 is 28.8 Å². The summed E-state index contributed by atoms with van der Waals surface area (Å²) in [6.45, 7) is 2.12. The quantitative estimate of drug-likeness (QED) is 0.445. The Labute approximate surface area is 182 Å². The molecule has 2 N–H and O–H groups in total. The summed E-state index contributed by atoms with van der Waals surface area (Å²) < 4.78 is 60.4. The zero-order valence-corrected chi connectivity index (χ0v) is 17.9. The lowest BCUT2D eigenvalue weighted by atomic mass is 10.0. The summed E-state index contributed by atoms with van der Waals surface area (Å²) in [7, 11) is 0. The highest BCUT2D eigenvalue weighted by atomic mass is 32.1. The van der Waals surface area contributed by atoms with E-state index >= 15 is 0 Å². The molecule has 1 unspecified atom stereocenters. The number of amides is 1. The fraction of sp³-hybridized carbons (Fsp3) is 0.611. The van der Waals surface area contributed by atoms with Crippen molar-refractivity contribution in [1.82, 2.24) is 10.3 Å². The van der Waals surface area contributed by atoms with Crippen molar-refractivity contribution in [3.05, 3.63) is 18.0 Å². The van der Waals surface area contributed by atoms with E-state index in [0.29, 0.717) is 0 Å². The number of alkyl halides is 3. The molecule has 1 aromatic heterocycles. The number of hydrogen-bond donors (Lipinski definition) is 2. The van der Waals surface area contributed by atoms with Gasteiger partial charge in [0.25, 0.3) is 0 Å². The average molecular weight is 467 g/mol. The molecule has 31 heavy (non-hydrogen) atoms. The Morgan fingerprint density at radius 1 is 1.32 bits per heavy atom. The van der Waals surface area contributed by atoms with Gasteiger partial charge in [-0.3, -0.25) is 5.32 Å². The van der Waals surface area contributed by atoms with Crippen molar-refractivity contribution in [2.75, 3.05) is 44.5 Å². The standard InChI is InChI=1S/C18H24F3N3O6S/c1-3-28-14(25)13-12(5-7-22-13)24(15(31)23-16(26)29-4-2)8-10-30-17(18(19,20)21)6-9-27-11-17/h5,7,22H,3-4,6,8-11H2,1-2H3,(H,23,26,31). The molecule has 0 bridgehead atoms. The van der Waals surface area contributed by atoms with Crippen LogP contribution in [0.15, 0.2) is 12.3 Å². The number of rotatable bonds is 8. The minimum atomic E-state index is -4.62. The Hall–Kier alpha value is -2.38. The van der Waals surface area contributed by atoms with Crippen molar-refractivity contribution in [2.45, 2.75) is 32.0 Å². The summed E-state index contributed by atoms with van der Waals surface area (Å²) >= 11 is 5.22. The number of thiocarbonyl (C=S) groups is 1. The topological polar surface area (TPSA) is 102 Å². The molecule has 1 aliphatic rings. The molecule has 1 aromatic rings. The summed E-state index contributed by atoms with van der Waals surface area (Å²) in [6.07, 6.45) is -4.37. The van der Waals surface area contributed by atoms with Crippen LogP contribution < -0.4 is 10.2 Å². The number of aromatic amines is 1. The Balaban J connectivity index is 2.21. The molecule has 0 saturated carbocycles. The molecule has 1 fully saturated rings. The molecular weight excluding hydrogens is 443 g/mol. The highest BCUT2D eigenvalue weighted by Gasteiger charge is 2.58. The van der Waals surface area contributed by atoms with Crippen molar-refractivity contribution < 1.29 is 41.7 Å². The van der Waals surface area contributed by atoms with Gasteiger partial charge in [-0.2, -0.15) is 13.2 Å². The lowest BCUT2D eigenvalue weighted by Gasteiger charge is -2.32.